The lowest BCUT2D eigenvalue weighted by molar-refractivity contribution is 0.0988. The Bertz CT molecular complexity index is 544. The van der Waals surface area contributed by atoms with Crippen molar-refractivity contribution in [1.29, 1.82) is 0 Å². The Morgan fingerprint density at radius 3 is 3.05 bits per heavy atom. The first kappa shape index (κ1) is 12.4. The topological polar surface area (TPSA) is 72.7 Å². The number of Topliss-reactive ketones (excluding diaryl/α,β-unsaturated/α-hetero) is 1. The molecule has 0 amide bonds. The summed E-state index contributed by atoms with van der Waals surface area (Å²) in [6.45, 7) is 1.99. The van der Waals surface area contributed by atoms with Gasteiger partial charge in [0.2, 0.25) is 0 Å². The molecule has 0 aromatic carbocycles. The van der Waals surface area contributed by atoms with Gasteiger partial charge in [-0.25, -0.2) is 9.67 Å². The number of thiazole rings is 1. The van der Waals surface area contributed by atoms with E-state index < -0.39 is 0 Å². The fourth-order valence-corrected chi connectivity index (χ4v) is 2.84. The van der Waals surface area contributed by atoms with Gasteiger partial charge in [0.25, 0.3) is 0 Å². The first-order valence-electron chi connectivity index (χ1n) is 6.37. The molecule has 6 nitrogen and oxygen atoms in total. The molecule has 0 aliphatic carbocycles. The summed E-state index contributed by atoms with van der Waals surface area (Å²) in [5.74, 6) is -0.0184. The largest absolute Gasteiger partial charge is 0.317 e. The fourth-order valence-electron chi connectivity index (χ4n) is 2.22. The second-order valence-corrected chi connectivity index (χ2v) is 5.57. The molecule has 100 valence electrons. The molecule has 19 heavy (non-hydrogen) atoms. The minimum Gasteiger partial charge on any atom is -0.317 e. The predicted octanol–water partition coefficient (Wildman–Crippen LogP) is 1.08. The van der Waals surface area contributed by atoms with Crippen molar-refractivity contribution in [2.75, 3.05) is 13.1 Å². The summed E-state index contributed by atoms with van der Waals surface area (Å²) < 4.78 is 1.83. The van der Waals surface area contributed by atoms with Gasteiger partial charge in [-0.15, -0.1) is 16.4 Å². The van der Waals surface area contributed by atoms with Gasteiger partial charge in [0.05, 0.1) is 18.7 Å². The zero-order valence-electron chi connectivity index (χ0n) is 10.5. The molecule has 1 N–H and O–H groups in total. The molecule has 3 heterocycles. The lowest BCUT2D eigenvalue weighted by atomic mass is 10.1. The van der Waals surface area contributed by atoms with Crippen LogP contribution in [0.15, 0.2) is 17.8 Å². The Labute approximate surface area is 114 Å². The number of hydrogen-bond acceptors (Lipinski definition) is 6. The zero-order chi connectivity index (χ0) is 13.1. The van der Waals surface area contributed by atoms with Crippen LogP contribution >= 0.6 is 11.3 Å². The third-order valence-electron chi connectivity index (χ3n) is 3.27. The van der Waals surface area contributed by atoms with Crippen LogP contribution in [0.3, 0.4) is 0 Å². The number of aromatic nitrogens is 4. The van der Waals surface area contributed by atoms with Gasteiger partial charge in [0.15, 0.2) is 5.78 Å². The minimum atomic E-state index is -0.0184. The van der Waals surface area contributed by atoms with E-state index >= 15 is 0 Å². The van der Waals surface area contributed by atoms with E-state index in [0.717, 1.165) is 30.9 Å². The molecule has 0 spiro atoms. The molecule has 7 heteroatoms. The highest BCUT2D eigenvalue weighted by atomic mass is 32.1. The summed E-state index contributed by atoms with van der Waals surface area (Å²) in [4.78, 5) is 16.2. The Balaban J connectivity index is 1.68. The maximum Gasteiger partial charge on any atom is 0.191 e. The van der Waals surface area contributed by atoms with Crippen molar-refractivity contribution in [3.8, 4) is 0 Å². The molecule has 0 atom stereocenters. The highest BCUT2D eigenvalue weighted by molar-refractivity contribution is 7.09. The number of carbonyl (C=O) groups is 1. The molecule has 3 rings (SSSR count). The van der Waals surface area contributed by atoms with Crippen LogP contribution in [0.5, 0.6) is 0 Å². The lowest BCUT2D eigenvalue weighted by Crippen LogP contribution is -2.29. The quantitative estimate of drug-likeness (QED) is 0.847. The molecule has 2 aromatic rings. The average Bonchev–Trinajstić information content (AvgIpc) is 3.10. The molecular weight excluding hydrogens is 262 g/mol. The SMILES string of the molecule is O=C(Cc1nccs1)c1cn(C2CCNCC2)nn1. The van der Waals surface area contributed by atoms with Gasteiger partial charge < -0.3 is 5.32 Å². The van der Waals surface area contributed by atoms with Crippen molar-refractivity contribution in [2.24, 2.45) is 0 Å². The Kier molecular flexibility index (Phi) is 3.65. The lowest BCUT2D eigenvalue weighted by Gasteiger charge is -2.22. The van der Waals surface area contributed by atoms with Crippen LogP contribution < -0.4 is 5.32 Å². The summed E-state index contributed by atoms with van der Waals surface area (Å²) in [6.07, 6.45) is 5.85. The fraction of sp³-hybridized carbons (Fsp3) is 0.500. The summed E-state index contributed by atoms with van der Waals surface area (Å²) in [6, 6.07) is 0.357. The van der Waals surface area contributed by atoms with Crippen LogP contribution in [-0.4, -0.2) is 38.9 Å². The van der Waals surface area contributed by atoms with E-state index in [9.17, 15) is 4.79 Å². The molecule has 1 aliphatic heterocycles. The van der Waals surface area contributed by atoms with Gasteiger partial charge in [-0.2, -0.15) is 0 Å². The maximum absolute atomic E-state index is 12.0. The minimum absolute atomic E-state index is 0.0184. The second-order valence-electron chi connectivity index (χ2n) is 4.59. The monoisotopic (exact) mass is 277 g/mol. The highest BCUT2D eigenvalue weighted by Gasteiger charge is 2.19. The number of hydrogen-bond donors (Lipinski definition) is 1. The molecule has 1 saturated heterocycles. The summed E-state index contributed by atoms with van der Waals surface area (Å²) >= 11 is 1.49. The molecule has 0 bridgehead atoms. The molecule has 1 aliphatic rings. The summed E-state index contributed by atoms with van der Waals surface area (Å²) in [5.41, 5.74) is 0.439. The van der Waals surface area contributed by atoms with Crippen molar-refractivity contribution in [2.45, 2.75) is 25.3 Å². The number of rotatable bonds is 4. The normalized spacial score (nSPS) is 16.6. The van der Waals surface area contributed by atoms with Crippen LogP contribution in [0.4, 0.5) is 0 Å². The van der Waals surface area contributed by atoms with Gasteiger partial charge in [-0.3, -0.25) is 4.79 Å². The average molecular weight is 277 g/mol. The van der Waals surface area contributed by atoms with Crippen molar-refractivity contribution in [3.63, 3.8) is 0 Å². The molecule has 0 saturated carbocycles. The van der Waals surface area contributed by atoms with Gasteiger partial charge in [-0.05, 0) is 25.9 Å². The van der Waals surface area contributed by atoms with Crippen LogP contribution in [-0.2, 0) is 6.42 Å². The van der Waals surface area contributed by atoms with E-state index in [2.05, 4.69) is 20.6 Å². The predicted molar refractivity (Wildman–Crippen MR) is 71.3 cm³/mol. The standard InChI is InChI=1S/C12H15N5OS/c18-11(7-12-14-5-6-19-12)10-8-17(16-15-10)9-1-3-13-4-2-9/h5-6,8-9,13H,1-4,7H2. The second kappa shape index (κ2) is 5.58. The zero-order valence-corrected chi connectivity index (χ0v) is 11.3. The Hall–Kier alpha value is -1.60. The summed E-state index contributed by atoms with van der Waals surface area (Å²) in [5, 5.41) is 14.1. The van der Waals surface area contributed by atoms with Gasteiger partial charge in [0.1, 0.15) is 10.7 Å². The van der Waals surface area contributed by atoms with E-state index in [4.69, 9.17) is 0 Å². The van der Waals surface area contributed by atoms with Gasteiger partial charge in [0, 0.05) is 11.6 Å². The van der Waals surface area contributed by atoms with E-state index in [1.54, 1.807) is 12.4 Å². The molecule has 2 aromatic heterocycles. The van der Waals surface area contributed by atoms with E-state index in [1.807, 2.05) is 10.1 Å². The third-order valence-corrected chi connectivity index (χ3v) is 4.05. The highest BCUT2D eigenvalue weighted by Crippen LogP contribution is 2.17. The Morgan fingerprint density at radius 2 is 2.32 bits per heavy atom. The molecule has 1 fully saturated rings. The smallest absolute Gasteiger partial charge is 0.191 e. The summed E-state index contributed by atoms with van der Waals surface area (Å²) in [7, 11) is 0. The van der Waals surface area contributed by atoms with Crippen molar-refractivity contribution < 1.29 is 4.79 Å². The third kappa shape index (κ3) is 2.87. The van der Waals surface area contributed by atoms with Crippen LogP contribution in [0, 0.1) is 0 Å². The number of piperidine rings is 1. The van der Waals surface area contributed by atoms with Crippen molar-refractivity contribution >= 4 is 17.1 Å². The number of carbonyl (C=O) groups excluding carboxylic acids is 1. The molecule has 0 unspecified atom stereocenters. The van der Waals surface area contributed by atoms with E-state index in [-0.39, 0.29) is 5.78 Å². The first-order chi connectivity index (χ1) is 9.33. The van der Waals surface area contributed by atoms with Gasteiger partial charge >= 0.3 is 0 Å². The van der Waals surface area contributed by atoms with E-state index in [1.165, 1.54) is 11.3 Å². The van der Waals surface area contributed by atoms with Crippen LogP contribution in [0.2, 0.25) is 0 Å². The van der Waals surface area contributed by atoms with Crippen LogP contribution in [0.1, 0.15) is 34.4 Å². The number of nitrogens with one attached hydrogen (secondary N) is 1. The van der Waals surface area contributed by atoms with Gasteiger partial charge in [-0.1, -0.05) is 5.21 Å². The molecule has 0 radical (unpaired) electrons. The van der Waals surface area contributed by atoms with Crippen molar-refractivity contribution in [1.82, 2.24) is 25.3 Å². The number of nitrogens with zero attached hydrogens (tertiary/aromatic N) is 4. The first-order valence-corrected chi connectivity index (χ1v) is 7.25. The van der Waals surface area contributed by atoms with E-state index in [0.29, 0.717) is 18.2 Å². The Morgan fingerprint density at radius 1 is 1.47 bits per heavy atom. The molecular formula is C12H15N5OS. The van der Waals surface area contributed by atoms with Crippen LogP contribution in [0.25, 0.3) is 0 Å². The van der Waals surface area contributed by atoms with Crippen molar-refractivity contribution in [3.05, 3.63) is 28.5 Å². The number of ketones is 1. The maximum atomic E-state index is 12.0.